The van der Waals surface area contributed by atoms with Crippen LogP contribution in [0.1, 0.15) is 49.1 Å². The number of carbonyl (C=O) groups excluding carboxylic acids is 1. The maximum Gasteiger partial charge on any atom is 0.245 e. The van der Waals surface area contributed by atoms with E-state index in [2.05, 4.69) is 0 Å². The monoisotopic (exact) mass is 558 g/mol. The van der Waals surface area contributed by atoms with Crippen molar-refractivity contribution in [3.8, 4) is 11.1 Å². The molecule has 1 fully saturated rings. The number of benzene rings is 3. The second-order valence-corrected chi connectivity index (χ2v) is 14.6. The maximum absolute atomic E-state index is 13.0. The Kier molecular flexibility index (Phi) is 7.58. The van der Waals surface area contributed by atoms with Gasteiger partial charge < -0.3 is 0 Å². The lowest BCUT2D eigenvalue weighted by Crippen LogP contribution is -2.45. The minimum Gasteiger partial charge on any atom is -0.274 e. The van der Waals surface area contributed by atoms with E-state index in [0.717, 1.165) is 38.1 Å². The van der Waals surface area contributed by atoms with E-state index in [9.17, 15) is 21.6 Å². The van der Waals surface area contributed by atoms with Crippen molar-refractivity contribution in [2.24, 2.45) is 5.14 Å². The molecule has 3 aromatic carbocycles. The topological polar surface area (TPSA) is 115 Å². The van der Waals surface area contributed by atoms with Crippen molar-refractivity contribution in [2.45, 2.75) is 54.4 Å². The molecule has 0 spiro atoms. The third kappa shape index (κ3) is 6.09. The van der Waals surface area contributed by atoms with Crippen LogP contribution in [0.2, 0.25) is 0 Å². The van der Waals surface area contributed by atoms with Crippen molar-refractivity contribution >= 4 is 37.7 Å². The van der Waals surface area contributed by atoms with E-state index < -0.39 is 30.8 Å². The summed E-state index contributed by atoms with van der Waals surface area (Å²) in [5, 5.41) is 4.39. The highest BCUT2D eigenvalue weighted by molar-refractivity contribution is 7.97. The first-order chi connectivity index (χ1) is 17.3. The predicted molar refractivity (Wildman–Crippen MR) is 148 cm³/mol. The number of carbonyl (C=O) groups is 1. The number of sulfonamides is 2. The quantitative estimate of drug-likeness (QED) is 0.444. The Morgan fingerprint density at radius 2 is 1.49 bits per heavy atom. The van der Waals surface area contributed by atoms with Crippen LogP contribution in [0, 0.1) is 0 Å². The van der Waals surface area contributed by atoms with Crippen molar-refractivity contribution < 1.29 is 21.6 Å². The van der Waals surface area contributed by atoms with Crippen molar-refractivity contribution in [3.63, 3.8) is 0 Å². The Labute approximate surface area is 223 Å². The van der Waals surface area contributed by atoms with Crippen LogP contribution in [0.25, 0.3) is 11.1 Å². The number of thioether (sulfide) groups is 1. The summed E-state index contributed by atoms with van der Waals surface area (Å²) < 4.78 is 50.3. The molecule has 1 amide bonds. The summed E-state index contributed by atoms with van der Waals surface area (Å²) >= 11 is 1.73. The summed E-state index contributed by atoms with van der Waals surface area (Å²) in [4.78, 5) is 12.5. The minimum absolute atomic E-state index is 0.0317. The zero-order valence-corrected chi connectivity index (χ0v) is 23.4. The van der Waals surface area contributed by atoms with Gasteiger partial charge in [0.2, 0.25) is 26.0 Å². The van der Waals surface area contributed by atoms with Gasteiger partial charge in [-0.25, -0.2) is 26.3 Å². The highest BCUT2D eigenvalue weighted by Crippen LogP contribution is 2.40. The average molecular weight is 559 g/mol. The van der Waals surface area contributed by atoms with Gasteiger partial charge in [-0.1, -0.05) is 60.7 Å². The Bertz CT molecular complexity index is 1510. The van der Waals surface area contributed by atoms with Crippen molar-refractivity contribution in [3.05, 3.63) is 89.5 Å². The molecule has 1 saturated heterocycles. The molecule has 4 rings (SSSR count). The van der Waals surface area contributed by atoms with Gasteiger partial charge in [-0.05, 0) is 60.7 Å². The Morgan fingerprint density at radius 1 is 0.919 bits per heavy atom. The van der Waals surface area contributed by atoms with Crippen molar-refractivity contribution in [1.29, 1.82) is 0 Å². The first kappa shape index (κ1) is 27.4. The minimum atomic E-state index is -3.75. The molecule has 37 heavy (non-hydrogen) atoms. The van der Waals surface area contributed by atoms with Gasteiger partial charge in [-0.2, -0.15) is 11.8 Å². The van der Waals surface area contributed by atoms with E-state index in [-0.39, 0.29) is 17.2 Å². The third-order valence-corrected chi connectivity index (χ3v) is 10.6. The lowest BCUT2D eigenvalue weighted by atomic mass is 10.0. The normalized spacial score (nSPS) is 17.8. The van der Waals surface area contributed by atoms with Crippen LogP contribution in [0.5, 0.6) is 0 Å². The maximum atomic E-state index is 13.0. The fourth-order valence-corrected chi connectivity index (χ4v) is 8.17. The van der Waals surface area contributed by atoms with Gasteiger partial charge in [0.25, 0.3) is 0 Å². The first-order valence-electron chi connectivity index (χ1n) is 11.7. The molecule has 0 aromatic heterocycles. The molecule has 1 atom stereocenters. The van der Waals surface area contributed by atoms with Crippen LogP contribution in [-0.2, 0) is 36.3 Å². The number of rotatable bonds is 7. The molecule has 0 aliphatic carbocycles. The van der Waals surface area contributed by atoms with Gasteiger partial charge in [-0.3, -0.25) is 4.79 Å². The van der Waals surface area contributed by atoms with E-state index >= 15 is 0 Å². The molecule has 196 valence electrons. The molecule has 7 nitrogen and oxygen atoms in total. The number of hydrogen-bond acceptors (Lipinski definition) is 6. The average Bonchev–Trinajstić information content (AvgIpc) is 3.08. The lowest BCUT2D eigenvalue weighted by molar-refractivity contribution is -0.128. The van der Waals surface area contributed by atoms with Crippen LogP contribution >= 0.6 is 11.8 Å². The second-order valence-electron chi connectivity index (χ2n) is 10.1. The number of nitrogens with zero attached hydrogens (tertiary/aromatic N) is 1. The molecule has 1 aliphatic rings. The van der Waals surface area contributed by atoms with E-state index in [1.54, 1.807) is 44.7 Å². The zero-order chi connectivity index (χ0) is 27.0. The van der Waals surface area contributed by atoms with E-state index in [4.69, 9.17) is 5.14 Å². The second kappa shape index (κ2) is 10.2. The molecule has 0 saturated carbocycles. The molecule has 1 aliphatic heterocycles. The number of nitrogens with two attached hydrogens (primary N) is 1. The lowest BCUT2D eigenvalue weighted by Gasteiger charge is -2.30. The molecule has 10 heteroatoms. The molecule has 3 aromatic rings. The fraction of sp³-hybridized carbons (Fsp3) is 0.296. The van der Waals surface area contributed by atoms with E-state index in [0.29, 0.717) is 5.56 Å². The largest absolute Gasteiger partial charge is 0.274 e. The molecule has 1 heterocycles. The van der Waals surface area contributed by atoms with Gasteiger partial charge in [0.1, 0.15) is 5.25 Å². The summed E-state index contributed by atoms with van der Waals surface area (Å²) in [6, 6.07) is 21.9. The molecular weight excluding hydrogens is 529 g/mol. The summed E-state index contributed by atoms with van der Waals surface area (Å²) in [5.74, 6) is 1.18. The summed E-state index contributed by atoms with van der Waals surface area (Å²) in [7, 11) is -7.50. The van der Waals surface area contributed by atoms with Crippen LogP contribution < -0.4 is 5.14 Å². The Hall–Kier alpha value is -2.66. The van der Waals surface area contributed by atoms with Gasteiger partial charge >= 0.3 is 0 Å². The number of hydrogen-bond donors (Lipinski definition) is 1. The van der Waals surface area contributed by atoms with E-state index in [1.807, 2.05) is 54.6 Å². The number of primary sulfonamides is 1. The standard InChI is InChI=1S/C27H30N2O5S3/c1-27(2,3)29-26(30)16-25(37(29,33)34)22-13-9-20(10-14-22)18-35-17-19-7-11-21(12-8-19)23-5-4-6-24(15-23)36(28,31)32/h4-15,25H,16-18H2,1-3H3,(H2,28,31,32). The summed E-state index contributed by atoms with van der Waals surface area (Å²) in [6.07, 6.45) is -0.0317. The van der Waals surface area contributed by atoms with Crippen molar-refractivity contribution in [2.75, 3.05) is 0 Å². The first-order valence-corrected chi connectivity index (χ1v) is 15.9. The SMILES string of the molecule is CC(C)(C)N1C(=O)CC(c2ccc(CSCc3ccc(-c4cccc(S(N)(=O)=O)c4)cc3)cc2)S1(=O)=O. The van der Waals surface area contributed by atoms with Crippen molar-refractivity contribution in [1.82, 2.24) is 4.31 Å². The van der Waals surface area contributed by atoms with Crippen LogP contribution in [0.4, 0.5) is 0 Å². The Balaban J connectivity index is 1.36. The van der Waals surface area contributed by atoms with Gasteiger partial charge in [-0.15, -0.1) is 0 Å². The molecular formula is C27H30N2O5S3. The third-order valence-electron chi connectivity index (χ3n) is 6.15. The molecule has 0 radical (unpaired) electrons. The number of amides is 1. The van der Waals surface area contributed by atoms with Gasteiger partial charge in [0.05, 0.1) is 16.9 Å². The van der Waals surface area contributed by atoms with Crippen LogP contribution in [-0.4, -0.2) is 32.6 Å². The van der Waals surface area contributed by atoms with E-state index in [1.165, 1.54) is 6.07 Å². The van der Waals surface area contributed by atoms with Gasteiger partial charge in [0.15, 0.2) is 0 Å². The van der Waals surface area contributed by atoms with Crippen LogP contribution in [0.15, 0.2) is 77.7 Å². The highest BCUT2D eigenvalue weighted by atomic mass is 32.2. The molecule has 1 unspecified atom stereocenters. The zero-order valence-electron chi connectivity index (χ0n) is 20.9. The molecule has 2 N–H and O–H groups in total. The summed E-state index contributed by atoms with van der Waals surface area (Å²) in [5.41, 5.74) is 3.73. The van der Waals surface area contributed by atoms with Gasteiger partial charge in [0, 0.05) is 11.5 Å². The fourth-order valence-electron chi connectivity index (χ4n) is 4.42. The smallest absolute Gasteiger partial charge is 0.245 e. The Morgan fingerprint density at radius 3 is 2.00 bits per heavy atom. The summed E-state index contributed by atoms with van der Waals surface area (Å²) in [6.45, 7) is 5.18. The van der Waals surface area contributed by atoms with Crippen LogP contribution in [0.3, 0.4) is 0 Å². The molecule has 0 bridgehead atoms. The highest BCUT2D eigenvalue weighted by Gasteiger charge is 2.49. The predicted octanol–water partition coefficient (Wildman–Crippen LogP) is 4.84.